The van der Waals surface area contributed by atoms with Gasteiger partial charge in [-0.2, -0.15) is 0 Å². The van der Waals surface area contributed by atoms with Gasteiger partial charge in [0.25, 0.3) is 0 Å². The first-order valence-electron chi connectivity index (χ1n) is 7.73. The Morgan fingerprint density at radius 3 is 2.83 bits per heavy atom. The van der Waals surface area contributed by atoms with Gasteiger partial charge in [0.1, 0.15) is 5.82 Å². The van der Waals surface area contributed by atoms with Crippen molar-refractivity contribution in [2.24, 2.45) is 4.99 Å². The van der Waals surface area contributed by atoms with Crippen molar-refractivity contribution in [1.29, 1.82) is 0 Å². The predicted octanol–water partition coefficient (Wildman–Crippen LogP) is 1.63. The number of ether oxygens (including phenoxy) is 1. The summed E-state index contributed by atoms with van der Waals surface area (Å²) in [5.74, 6) is 1.71. The Morgan fingerprint density at radius 1 is 1.35 bits per heavy atom. The second-order valence-electron chi connectivity index (χ2n) is 5.38. The van der Waals surface area contributed by atoms with E-state index in [0.29, 0.717) is 13.2 Å². The van der Waals surface area contributed by atoms with Crippen molar-refractivity contribution in [3.05, 3.63) is 54.1 Å². The maximum absolute atomic E-state index is 5.12. The lowest BCUT2D eigenvalue weighted by Crippen LogP contribution is -2.43. The fourth-order valence-electron chi connectivity index (χ4n) is 2.31. The van der Waals surface area contributed by atoms with E-state index in [1.54, 1.807) is 14.2 Å². The number of aliphatic imine (C=N–C) groups is 1. The lowest BCUT2D eigenvalue weighted by molar-refractivity contribution is 0.179. The SMILES string of the molecule is CN=C(NCc1nccn1Cc1ccccc1)NC(C)COC. The second-order valence-corrected chi connectivity index (χ2v) is 5.38. The van der Waals surface area contributed by atoms with Crippen LogP contribution in [0.15, 0.2) is 47.7 Å². The minimum Gasteiger partial charge on any atom is -0.383 e. The van der Waals surface area contributed by atoms with Crippen molar-refractivity contribution in [2.75, 3.05) is 20.8 Å². The average molecular weight is 315 g/mol. The molecule has 1 unspecified atom stereocenters. The van der Waals surface area contributed by atoms with E-state index in [1.807, 2.05) is 37.5 Å². The van der Waals surface area contributed by atoms with Crippen LogP contribution in [0, 0.1) is 0 Å². The highest BCUT2D eigenvalue weighted by Gasteiger charge is 2.07. The van der Waals surface area contributed by atoms with Crippen LogP contribution in [0.25, 0.3) is 0 Å². The molecule has 0 amide bonds. The van der Waals surface area contributed by atoms with Crippen LogP contribution in [0.4, 0.5) is 0 Å². The fraction of sp³-hybridized carbons (Fsp3) is 0.412. The molecular weight excluding hydrogens is 290 g/mol. The van der Waals surface area contributed by atoms with Gasteiger partial charge in [-0.05, 0) is 12.5 Å². The van der Waals surface area contributed by atoms with Gasteiger partial charge in [-0.1, -0.05) is 30.3 Å². The first kappa shape index (κ1) is 17.0. The number of hydrogen-bond acceptors (Lipinski definition) is 3. The predicted molar refractivity (Wildman–Crippen MR) is 92.4 cm³/mol. The van der Waals surface area contributed by atoms with E-state index >= 15 is 0 Å². The van der Waals surface area contributed by atoms with Gasteiger partial charge < -0.3 is 19.9 Å². The van der Waals surface area contributed by atoms with Crippen molar-refractivity contribution in [1.82, 2.24) is 20.2 Å². The minimum absolute atomic E-state index is 0.190. The van der Waals surface area contributed by atoms with E-state index in [0.717, 1.165) is 18.3 Å². The summed E-state index contributed by atoms with van der Waals surface area (Å²) >= 11 is 0. The van der Waals surface area contributed by atoms with Crippen LogP contribution in [-0.2, 0) is 17.8 Å². The first-order chi connectivity index (χ1) is 11.2. The molecule has 0 aliphatic rings. The summed E-state index contributed by atoms with van der Waals surface area (Å²) in [6, 6.07) is 10.5. The Morgan fingerprint density at radius 2 is 2.13 bits per heavy atom. The third kappa shape index (κ3) is 5.41. The molecule has 23 heavy (non-hydrogen) atoms. The van der Waals surface area contributed by atoms with Crippen molar-refractivity contribution in [2.45, 2.75) is 26.1 Å². The molecule has 6 heteroatoms. The highest BCUT2D eigenvalue weighted by atomic mass is 16.5. The smallest absolute Gasteiger partial charge is 0.191 e. The monoisotopic (exact) mass is 315 g/mol. The van der Waals surface area contributed by atoms with Gasteiger partial charge in [-0.3, -0.25) is 4.99 Å². The molecule has 124 valence electrons. The molecule has 1 aromatic carbocycles. The second kappa shape index (κ2) is 8.95. The molecule has 1 aromatic heterocycles. The van der Waals surface area contributed by atoms with Gasteiger partial charge >= 0.3 is 0 Å². The van der Waals surface area contributed by atoms with Crippen molar-refractivity contribution >= 4 is 5.96 Å². The Kier molecular flexibility index (Phi) is 6.62. The Bertz CT molecular complexity index is 608. The van der Waals surface area contributed by atoms with Crippen molar-refractivity contribution in [3.8, 4) is 0 Å². The summed E-state index contributed by atoms with van der Waals surface area (Å²) in [7, 11) is 3.44. The van der Waals surface area contributed by atoms with Crippen molar-refractivity contribution in [3.63, 3.8) is 0 Å². The Balaban J connectivity index is 1.92. The van der Waals surface area contributed by atoms with E-state index in [1.165, 1.54) is 5.56 Å². The van der Waals surface area contributed by atoms with E-state index in [4.69, 9.17) is 4.74 Å². The number of hydrogen-bond donors (Lipinski definition) is 2. The molecular formula is C17H25N5O. The number of methoxy groups -OCH3 is 1. The maximum Gasteiger partial charge on any atom is 0.191 e. The van der Waals surface area contributed by atoms with Gasteiger partial charge in [0.15, 0.2) is 5.96 Å². The molecule has 0 aliphatic carbocycles. The lowest BCUT2D eigenvalue weighted by atomic mass is 10.2. The standard InChI is InChI=1S/C17H25N5O/c1-14(13-23-3)21-17(18-2)20-11-16-19-9-10-22(16)12-15-7-5-4-6-8-15/h4-10,14H,11-13H2,1-3H3,(H2,18,20,21). The zero-order chi connectivity index (χ0) is 16.5. The topological polar surface area (TPSA) is 63.5 Å². The zero-order valence-electron chi connectivity index (χ0n) is 14.0. The van der Waals surface area contributed by atoms with E-state index in [9.17, 15) is 0 Å². The number of benzene rings is 1. The summed E-state index contributed by atoms with van der Waals surface area (Å²) in [4.78, 5) is 8.65. The number of aromatic nitrogens is 2. The lowest BCUT2D eigenvalue weighted by Gasteiger charge is -2.17. The number of imidazole rings is 1. The summed E-state index contributed by atoms with van der Waals surface area (Å²) in [5.41, 5.74) is 1.25. The molecule has 0 saturated carbocycles. The van der Waals surface area contributed by atoms with E-state index < -0.39 is 0 Å². The normalized spacial score (nSPS) is 12.9. The van der Waals surface area contributed by atoms with Crippen LogP contribution in [0.1, 0.15) is 18.3 Å². The van der Waals surface area contributed by atoms with Crippen LogP contribution in [-0.4, -0.2) is 42.3 Å². The van der Waals surface area contributed by atoms with E-state index in [-0.39, 0.29) is 6.04 Å². The van der Waals surface area contributed by atoms with Gasteiger partial charge in [0.2, 0.25) is 0 Å². The van der Waals surface area contributed by atoms with Crippen LogP contribution in [0.2, 0.25) is 0 Å². The highest BCUT2D eigenvalue weighted by molar-refractivity contribution is 5.79. The van der Waals surface area contributed by atoms with E-state index in [2.05, 4.69) is 37.3 Å². The summed E-state index contributed by atoms with van der Waals surface area (Å²) < 4.78 is 7.26. The number of rotatable bonds is 7. The fourth-order valence-corrected chi connectivity index (χ4v) is 2.31. The molecule has 2 N–H and O–H groups in total. The number of guanidine groups is 1. The third-order valence-electron chi connectivity index (χ3n) is 3.43. The maximum atomic E-state index is 5.12. The molecule has 1 heterocycles. The van der Waals surface area contributed by atoms with Crippen LogP contribution in [0.3, 0.4) is 0 Å². The van der Waals surface area contributed by atoms with Gasteiger partial charge in [-0.15, -0.1) is 0 Å². The number of nitrogens with one attached hydrogen (secondary N) is 2. The van der Waals surface area contributed by atoms with Crippen LogP contribution < -0.4 is 10.6 Å². The third-order valence-corrected chi connectivity index (χ3v) is 3.43. The molecule has 0 saturated heterocycles. The van der Waals surface area contributed by atoms with Gasteiger partial charge in [-0.25, -0.2) is 4.98 Å². The van der Waals surface area contributed by atoms with Crippen LogP contribution in [0.5, 0.6) is 0 Å². The quantitative estimate of drug-likeness (QED) is 0.602. The summed E-state index contributed by atoms with van der Waals surface area (Å²) in [5, 5.41) is 6.56. The largest absolute Gasteiger partial charge is 0.383 e. The first-order valence-corrected chi connectivity index (χ1v) is 7.73. The molecule has 0 bridgehead atoms. The van der Waals surface area contributed by atoms with Crippen molar-refractivity contribution < 1.29 is 4.74 Å². The molecule has 0 spiro atoms. The van der Waals surface area contributed by atoms with Crippen LogP contribution >= 0.6 is 0 Å². The zero-order valence-corrected chi connectivity index (χ0v) is 14.0. The van der Waals surface area contributed by atoms with Gasteiger partial charge in [0.05, 0.1) is 13.2 Å². The Labute approximate surface area is 137 Å². The molecule has 6 nitrogen and oxygen atoms in total. The van der Waals surface area contributed by atoms with Gasteiger partial charge in [0, 0.05) is 39.1 Å². The molecule has 1 atom stereocenters. The molecule has 2 aromatic rings. The number of nitrogens with zero attached hydrogens (tertiary/aromatic N) is 3. The summed E-state index contributed by atoms with van der Waals surface area (Å²) in [6.45, 7) is 4.10. The Hall–Kier alpha value is -2.34. The molecule has 0 aliphatic heterocycles. The molecule has 0 fully saturated rings. The minimum atomic E-state index is 0.190. The highest BCUT2D eigenvalue weighted by Crippen LogP contribution is 2.05. The average Bonchev–Trinajstić information content (AvgIpc) is 2.99. The molecule has 0 radical (unpaired) electrons. The summed E-state index contributed by atoms with van der Waals surface area (Å²) in [6.07, 6.45) is 3.82. The molecule has 2 rings (SSSR count).